The Morgan fingerprint density at radius 3 is 2.17 bits per heavy atom. The standard InChI is InChI=1S/C35H35ClN4OS/c1-24-15-20-29(36)22-31(24)40-32(38-39-34(40)42-23-26-13-9-6-10-14-26)30(21-25-11-7-5-8-12-25)37-33(41)27-16-18-28(19-17-27)35(2,3)4/h5-20,22,30H,21,23H2,1-4H3,(H,37,41). The van der Waals surface area contributed by atoms with Crippen molar-refractivity contribution < 1.29 is 4.79 Å². The van der Waals surface area contributed by atoms with E-state index in [0.717, 1.165) is 27.7 Å². The molecule has 0 fully saturated rings. The molecule has 0 radical (unpaired) electrons. The molecule has 0 spiro atoms. The predicted octanol–water partition coefficient (Wildman–Crippen LogP) is 8.53. The second-order valence-electron chi connectivity index (χ2n) is 11.4. The fourth-order valence-electron chi connectivity index (χ4n) is 4.79. The maximum absolute atomic E-state index is 13.7. The van der Waals surface area contributed by atoms with Gasteiger partial charge in [-0.05, 0) is 65.3 Å². The lowest BCUT2D eigenvalue weighted by Crippen LogP contribution is -2.32. The first-order chi connectivity index (χ1) is 20.2. The summed E-state index contributed by atoms with van der Waals surface area (Å²) in [4.78, 5) is 13.7. The number of thioether (sulfide) groups is 1. The topological polar surface area (TPSA) is 59.8 Å². The van der Waals surface area contributed by atoms with Crippen LogP contribution < -0.4 is 5.32 Å². The molecule has 1 aromatic heterocycles. The Bertz CT molecular complexity index is 1640. The van der Waals surface area contributed by atoms with Gasteiger partial charge < -0.3 is 5.32 Å². The van der Waals surface area contributed by atoms with Crippen LogP contribution in [-0.4, -0.2) is 20.7 Å². The van der Waals surface area contributed by atoms with Gasteiger partial charge in [-0.25, -0.2) is 0 Å². The molecule has 1 amide bonds. The number of aryl methyl sites for hydroxylation is 1. The van der Waals surface area contributed by atoms with Gasteiger partial charge in [0, 0.05) is 16.3 Å². The third kappa shape index (κ3) is 7.12. The van der Waals surface area contributed by atoms with Crippen molar-refractivity contribution in [2.75, 3.05) is 0 Å². The smallest absolute Gasteiger partial charge is 0.251 e. The van der Waals surface area contributed by atoms with Crippen LogP contribution in [0.15, 0.2) is 108 Å². The van der Waals surface area contributed by atoms with E-state index in [1.54, 1.807) is 11.8 Å². The Hall–Kier alpha value is -3.87. The van der Waals surface area contributed by atoms with Crippen LogP contribution in [0, 0.1) is 6.92 Å². The predicted molar refractivity (Wildman–Crippen MR) is 173 cm³/mol. The average molecular weight is 595 g/mol. The van der Waals surface area contributed by atoms with Crippen LogP contribution >= 0.6 is 23.4 Å². The van der Waals surface area contributed by atoms with Crippen molar-refractivity contribution in [3.63, 3.8) is 0 Å². The fourth-order valence-corrected chi connectivity index (χ4v) is 5.87. The first-order valence-corrected chi connectivity index (χ1v) is 15.4. The highest BCUT2D eigenvalue weighted by Crippen LogP contribution is 2.32. The van der Waals surface area contributed by atoms with Crippen molar-refractivity contribution in [2.24, 2.45) is 0 Å². The van der Waals surface area contributed by atoms with E-state index in [0.29, 0.717) is 22.8 Å². The molecule has 4 aromatic carbocycles. The molecule has 0 saturated heterocycles. The first-order valence-electron chi connectivity index (χ1n) is 14.0. The van der Waals surface area contributed by atoms with Gasteiger partial charge in [-0.1, -0.05) is 123 Å². The number of hydrogen-bond acceptors (Lipinski definition) is 4. The van der Waals surface area contributed by atoms with Gasteiger partial charge in [0.05, 0.1) is 11.7 Å². The molecule has 5 rings (SSSR count). The van der Waals surface area contributed by atoms with Gasteiger partial charge in [0.1, 0.15) is 0 Å². The van der Waals surface area contributed by atoms with Gasteiger partial charge in [-0.15, -0.1) is 10.2 Å². The molecule has 5 nitrogen and oxygen atoms in total. The lowest BCUT2D eigenvalue weighted by Gasteiger charge is -2.22. The highest BCUT2D eigenvalue weighted by atomic mass is 35.5. The number of aromatic nitrogens is 3. The summed E-state index contributed by atoms with van der Waals surface area (Å²) in [6.07, 6.45) is 0.549. The molecule has 5 aromatic rings. The molecule has 1 N–H and O–H groups in total. The highest BCUT2D eigenvalue weighted by molar-refractivity contribution is 7.98. The average Bonchev–Trinajstić information content (AvgIpc) is 3.41. The number of carbonyl (C=O) groups excluding carboxylic acids is 1. The molecule has 42 heavy (non-hydrogen) atoms. The number of nitrogens with zero attached hydrogens (tertiary/aromatic N) is 3. The van der Waals surface area contributed by atoms with Crippen LogP contribution in [0.2, 0.25) is 5.02 Å². The van der Waals surface area contributed by atoms with Crippen molar-refractivity contribution in [3.05, 3.63) is 142 Å². The highest BCUT2D eigenvalue weighted by Gasteiger charge is 2.26. The summed E-state index contributed by atoms with van der Waals surface area (Å²) >= 11 is 8.11. The van der Waals surface area contributed by atoms with Crippen molar-refractivity contribution in [1.82, 2.24) is 20.1 Å². The van der Waals surface area contributed by atoms with Crippen LogP contribution in [0.4, 0.5) is 0 Å². The van der Waals surface area contributed by atoms with E-state index in [2.05, 4.69) is 55.5 Å². The van der Waals surface area contributed by atoms with Gasteiger partial charge in [-0.3, -0.25) is 9.36 Å². The molecule has 0 bridgehead atoms. The monoisotopic (exact) mass is 594 g/mol. The van der Waals surface area contributed by atoms with Crippen LogP contribution in [0.5, 0.6) is 0 Å². The molecule has 0 aliphatic carbocycles. The largest absolute Gasteiger partial charge is 0.342 e. The molecule has 0 aliphatic rings. The van der Waals surface area contributed by atoms with Crippen molar-refractivity contribution in [3.8, 4) is 5.69 Å². The van der Waals surface area contributed by atoms with Crippen molar-refractivity contribution in [1.29, 1.82) is 0 Å². The fraction of sp³-hybridized carbons (Fsp3) is 0.229. The number of nitrogens with one attached hydrogen (secondary N) is 1. The molecular weight excluding hydrogens is 560 g/mol. The van der Waals surface area contributed by atoms with E-state index in [1.807, 2.05) is 90.4 Å². The lowest BCUT2D eigenvalue weighted by atomic mass is 9.86. The second kappa shape index (κ2) is 13.0. The Morgan fingerprint density at radius 2 is 1.52 bits per heavy atom. The minimum absolute atomic E-state index is 0.00387. The molecule has 7 heteroatoms. The van der Waals surface area contributed by atoms with E-state index in [9.17, 15) is 4.79 Å². The molecule has 1 heterocycles. The number of amides is 1. The van der Waals surface area contributed by atoms with Crippen molar-refractivity contribution in [2.45, 2.75) is 56.5 Å². The van der Waals surface area contributed by atoms with E-state index in [1.165, 1.54) is 11.1 Å². The number of carbonyl (C=O) groups is 1. The van der Waals surface area contributed by atoms with Gasteiger partial charge >= 0.3 is 0 Å². The molecule has 1 atom stereocenters. The summed E-state index contributed by atoms with van der Waals surface area (Å²) in [5.41, 5.74) is 5.98. The van der Waals surface area contributed by atoms with Gasteiger partial charge in [-0.2, -0.15) is 0 Å². The maximum Gasteiger partial charge on any atom is 0.251 e. The van der Waals surface area contributed by atoms with Crippen LogP contribution in [0.25, 0.3) is 5.69 Å². The zero-order chi connectivity index (χ0) is 29.7. The molecule has 1 unspecified atom stereocenters. The maximum atomic E-state index is 13.7. The minimum atomic E-state index is -0.445. The minimum Gasteiger partial charge on any atom is -0.342 e. The zero-order valence-corrected chi connectivity index (χ0v) is 25.9. The molecule has 0 aliphatic heterocycles. The van der Waals surface area contributed by atoms with Gasteiger partial charge in [0.15, 0.2) is 11.0 Å². The summed E-state index contributed by atoms with van der Waals surface area (Å²) in [7, 11) is 0. The summed E-state index contributed by atoms with van der Waals surface area (Å²) < 4.78 is 2.05. The number of benzene rings is 4. The third-order valence-corrected chi connectivity index (χ3v) is 8.43. The normalized spacial score (nSPS) is 12.2. The number of hydrogen-bond donors (Lipinski definition) is 1. The van der Waals surface area contributed by atoms with Crippen LogP contribution in [0.1, 0.15) is 65.2 Å². The third-order valence-electron chi connectivity index (χ3n) is 7.19. The molecule has 0 saturated carbocycles. The quantitative estimate of drug-likeness (QED) is 0.174. The Morgan fingerprint density at radius 1 is 0.881 bits per heavy atom. The van der Waals surface area contributed by atoms with Gasteiger partial charge in [0.25, 0.3) is 5.91 Å². The zero-order valence-electron chi connectivity index (χ0n) is 24.3. The summed E-state index contributed by atoms with van der Waals surface area (Å²) in [5, 5.41) is 14.0. The summed E-state index contributed by atoms with van der Waals surface area (Å²) in [6, 6.07) is 33.6. The van der Waals surface area contributed by atoms with E-state index in [4.69, 9.17) is 16.7 Å². The van der Waals surface area contributed by atoms with Crippen molar-refractivity contribution >= 4 is 29.3 Å². The van der Waals surface area contributed by atoms with E-state index < -0.39 is 6.04 Å². The van der Waals surface area contributed by atoms with Crippen LogP contribution in [-0.2, 0) is 17.6 Å². The molecule has 214 valence electrons. The second-order valence-corrected chi connectivity index (χ2v) is 12.8. The Balaban J connectivity index is 1.55. The molecular formula is C35H35ClN4OS. The number of rotatable bonds is 9. The Labute approximate surface area is 257 Å². The number of halogens is 1. The summed E-state index contributed by atoms with van der Waals surface area (Å²) in [5.74, 6) is 1.22. The van der Waals surface area contributed by atoms with E-state index in [-0.39, 0.29) is 11.3 Å². The van der Waals surface area contributed by atoms with E-state index >= 15 is 0 Å². The lowest BCUT2D eigenvalue weighted by molar-refractivity contribution is 0.0934. The first kappa shape index (κ1) is 29.6. The Kier molecular flexibility index (Phi) is 9.15. The SMILES string of the molecule is Cc1ccc(Cl)cc1-n1c(SCc2ccccc2)nnc1C(Cc1ccccc1)NC(=O)c1ccc(C(C)(C)C)cc1. The summed E-state index contributed by atoms with van der Waals surface area (Å²) in [6.45, 7) is 8.53. The van der Waals surface area contributed by atoms with Gasteiger partial charge in [0.2, 0.25) is 0 Å². The van der Waals surface area contributed by atoms with Crippen LogP contribution in [0.3, 0.4) is 0 Å².